The molecule has 7 heteroatoms. The molecule has 1 atom stereocenters. The van der Waals surface area contributed by atoms with Gasteiger partial charge in [-0.2, -0.15) is 4.98 Å². The minimum atomic E-state index is -0.0963. The van der Waals surface area contributed by atoms with Gasteiger partial charge in [-0.1, -0.05) is 5.16 Å². The number of likely N-dealkylation sites (N-methyl/N-ethyl adjacent to an activating group) is 1. The zero-order chi connectivity index (χ0) is 12.8. The molecule has 1 amide bonds. The number of aromatic nitrogens is 2. The summed E-state index contributed by atoms with van der Waals surface area (Å²) in [5, 5.41) is 9.76. The van der Waals surface area contributed by atoms with E-state index >= 15 is 0 Å². The average Bonchev–Trinajstić information content (AvgIpc) is 2.63. The van der Waals surface area contributed by atoms with Crippen molar-refractivity contribution in [2.24, 2.45) is 5.92 Å². The standard InChI is InChI=1S/C12H20N4O2.ClH/c1-13-11(17)8-10-15-12(18-16-10)7-9-3-2-5-14-6-4-9;/h9,14H,2-8H2,1H3,(H,13,17);1H. The molecule has 0 saturated carbocycles. The summed E-state index contributed by atoms with van der Waals surface area (Å²) in [4.78, 5) is 15.4. The predicted octanol–water partition coefficient (Wildman–Crippen LogP) is 0.712. The Labute approximate surface area is 119 Å². The zero-order valence-corrected chi connectivity index (χ0v) is 12.0. The quantitative estimate of drug-likeness (QED) is 0.853. The number of hydrogen-bond donors (Lipinski definition) is 2. The summed E-state index contributed by atoms with van der Waals surface area (Å²) in [6.45, 7) is 2.16. The smallest absolute Gasteiger partial charge is 0.227 e. The van der Waals surface area contributed by atoms with Gasteiger partial charge in [0.15, 0.2) is 5.82 Å². The van der Waals surface area contributed by atoms with Gasteiger partial charge in [0.1, 0.15) is 0 Å². The molecule has 1 aliphatic heterocycles. The lowest BCUT2D eigenvalue weighted by atomic mass is 9.97. The maximum absolute atomic E-state index is 11.2. The lowest BCUT2D eigenvalue weighted by molar-refractivity contribution is -0.120. The fourth-order valence-corrected chi connectivity index (χ4v) is 2.22. The predicted molar refractivity (Wildman–Crippen MR) is 73.2 cm³/mol. The van der Waals surface area contributed by atoms with Crippen LogP contribution in [-0.2, 0) is 17.6 Å². The molecule has 108 valence electrons. The Kier molecular flexibility index (Phi) is 6.80. The van der Waals surface area contributed by atoms with Crippen molar-refractivity contribution < 1.29 is 9.32 Å². The number of carbonyl (C=O) groups excluding carboxylic acids is 1. The maximum atomic E-state index is 11.2. The molecule has 1 aromatic heterocycles. The van der Waals surface area contributed by atoms with Crippen LogP contribution >= 0.6 is 12.4 Å². The van der Waals surface area contributed by atoms with Gasteiger partial charge in [-0.25, -0.2) is 0 Å². The van der Waals surface area contributed by atoms with Gasteiger partial charge in [0.2, 0.25) is 11.8 Å². The third-order valence-electron chi connectivity index (χ3n) is 3.27. The van der Waals surface area contributed by atoms with E-state index in [9.17, 15) is 4.79 Å². The van der Waals surface area contributed by atoms with Crippen LogP contribution in [0.3, 0.4) is 0 Å². The molecular formula is C12H21ClN4O2. The lowest BCUT2D eigenvalue weighted by Gasteiger charge is -2.09. The molecule has 1 aliphatic rings. The molecule has 2 N–H and O–H groups in total. The summed E-state index contributed by atoms with van der Waals surface area (Å²) < 4.78 is 5.19. The normalized spacial score (nSPS) is 19.3. The van der Waals surface area contributed by atoms with Crippen molar-refractivity contribution in [1.29, 1.82) is 0 Å². The molecule has 19 heavy (non-hydrogen) atoms. The summed E-state index contributed by atoms with van der Waals surface area (Å²) in [6.07, 6.45) is 4.55. The molecule has 0 aliphatic carbocycles. The second-order valence-corrected chi connectivity index (χ2v) is 4.71. The molecule has 0 spiro atoms. The Morgan fingerprint density at radius 3 is 3.11 bits per heavy atom. The van der Waals surface area contributed by atoms with Crippen LogP contribution in [0, 0.1) is 5.92 Å². The Hall–Kier alpha value is -1.14. The second-order valence-electron chi connectivity index (χ2n) is 4.71. The second kappa shape index (κ2) is 8.12. The van der Waals surface area contributed by atoms with E-state index in [1.54, 1.807) is 7.05 Å². The van der Waals surface area contributed by atoms with Crippen LogP contribution in [0.1, 0.15) is 31.0 Å². The monoisotopic (exact) mass is 288 g/mol. The Bertz CT molecular complexity index is 389. The van der Waals surface area contributed by atoms with Gasteiger partial charge in [0.05, 0.1) is 6.42 Å². The number of carbonyl (C=O) groups is 1. The van der Waals surface area contributed by atoms with Gasteiger partial charge >= 0.3 is 0 Å². The molecule has 6 nitrogen and oxygen atoms in total. The topological polar surface area (TPSA) is 80.0 Å². The van der Waals surface area contributed by atoms with Crippen molar-refractivity contribution >= 4 is 18.3 Å². The SMILES string of the molecule is CNC(=O)Cc1noc(CC2CCCNCC2)n1.Cl. The Balaban J connectivity index is 0.00000180. The summed E-state index contributed by atoms with van der Waals surface area (Å²) in [5.74, 6) is 1.63. The summed E-state index contributed by atoms with van der Waals surface area (Å²) in [6, 6.07) is 0. The number of amides is 1. The molecule has 1 saturated heterocycles. The van der Waals surface area contributed by atoms with E-state index in [4.69, 9.17) is 4.52 Å². The van der Waals surface area contributed by atoms with Gasteiger partial charge in [0.25, 0.3) is 0 Å². The molecule has 0 aromatic carbocycles. The van der Waals surface area contributed by atoms with E-state index < -0.39 is 0 Å². The summed E-state index contributed by atoms with van der Waals surface area (Å²) in [7, 11) is 1.60. The van der Waals surface area contributed by atoms with Crippen LogP contribution in [0.15, 0.2) is 4.52 Å². The van der Waals surface area contributed by atoms with Crippen molar-refractivity contribution in [2.75, 3.05) is 20.1 Å². The van der Waals surface area contributed by atoms with Crippen LogP contribution in [0.25, 0.3) is 0 Å². The average molecular weight is 289 g/mol. The van der Waals surface area contributed by atoms with E-state index in [1.165, 1.54) is 12.8 Å². The fourth-order valence-electron chi connectivity index (χ4n) is 2.22. The highest BCUT2D eigenvalue weighted by atomic mass is 35.5. The van der Waals surface area contributed by atoms with Gasteiger partial charge in [-0.05, 0) is 38.3 Å². The number of halogens is 1. The molecule has 2 heterocycles. The third-order valence-corrected chi connectivity index (χ3v) is 3.27. The van der Waals surface area contributed by atoms with Crippen LogP contribution < -0.4 is 10.6 Å². The van der Waals surface area contributed by atoms with E-state index in [1.807, 2.05) is 0 Å². The molecular weight excluding hydrogens is 268 g/mol. The van der Waals surface area contributed by atoms with Crippen molar-refractivity contribution in [2.45, 2.75) is 32.1 Å². The number of nitrogens with zero attached hydrogens (tertiary/aromatic N) is 2. The van der Waals surface area contributed by atoms with Crippen LogP contribution in [0.4, 0.5) is 0 Å². The molecule has 1 aromatic rings. The van der Waals surface area contributed by atoms with E-state index in [0.717, 1.165) is 25.9 Å². The van der Waals surface area contributed by atoms with Gasteiger partial charge in [0, 0.05) is 13.5 Å². The minimum Gasteiger partial charge on any atom is -0.359 e. The number of rotatable bonds is 4. The highest BCUT2D eigenvalue weighted by molar-refractivity contribution is 5.85. The fraction of sp³-hybridized carbons (Fsp3) is 0.750. The first kappa shape index (κ1) is 15.9. The molecule has 1 unspecified atom stereocenters. The van der Waals surface area contributed by atoms with Crippen LogP contribution in [0.5, 0.6) is 0 Å². The largest absolute Gasteiger partial charge is 0.359 e. The highest BCUT2D eigenvalue weighted by Gasteiger charge is 2.17. The first-order valence-corrected chi connectivity index (χ1v) is 6.50. The van der Waals surface area contributed by atoms with Gasteiger partial charge in [-0.15, -0.1) is 12.4 Å². The zero-order valence-electron chi connectivity index (χ0n) is 11.1. The maximum Gasteiger partial charge on any atom is 0.227 e. The first-order chi connectivity index (χ1) is 8.78. The summed E-state index contributed by atoms with van der Waals surface area (Å²) >= 11 is 0. The van der Waals surface area contributed by atoms with Crippen molar-refractivity contribution in [3.63, 3.8) is 0 Å². The lowest BCUT2D eigenvalue weighted by Crippen LogP contribution is -2.20. The Morgan fingerprint density at radius 1 is 1.47 bits per heavy atom. The Morgan fingerprint density at radius 2 is 2.32 bits per heavy atom. The van der Waals surface area contributed by atoms with E-state index in [-0.39, 0.29) is 24.7 Å². The first-order valence-electron chi connectivity index (χ1n) is 6.50. The van der Waals surface area contributed by atoms with Crippen molar-refractivity contribution in [1.82, 2.24) is 20.8 Å². The molecule has 0 radical (unpaired) electrons. The molecule has 1 fully saturated rings. The molecule has 0 bridgehead atoms. The minimum absolute atomic E-state index is 0. The van der Waals surface area contributed by atoms with E-state index in [0.29, 0.717) is 17.6 Å². The highest BCUT2D eigenvalue weighted by Crippen LogP contribution is 2.18. The number of hydrogen-bond acceptors (Lipinski definition) is 5. The van der Waals surface area contributed by atoms with Crippen molar-refractivity contribution in [3.05, 3.63) is 11.7 Å². The van der Waals surface area contributed by atoms with Crippen molar-refractivity contribution in [3.8, 4) is 0 Å². The summed E-state index contributed by atoms with van der Waals surface area (Å²) in [5.41, 5.74) is 0. The van der Waals surface area contributed by atoms with Crippen LogP contribution in [-0.4, -0.2) is 36.2 Å². The van der Waals surface area contributed by atoms with E-state index in [2.05, 4.69) is 20.8 Å². The van der Waals surface area contributed by atoms with Gasteiger partial charge < -0.3 is 15.2 Å². The number of nitrogens with one attached hydrogen (secondary N) is 2. The van der Waals surface area contributed by atoms with Gasteiger partial charge in [-0.3, -0.25) is 4.79 Å². The van der Waals surface area contributed by atoms with Crippen LogP contribution in [0.2, 0.25) is 0 Å². The molecule has 2 rings (SSSR count). The third kappa shape index (κ3) is 5.16.